The van der Waals surface area contributed by atoms with Crippen LogP contribution in [0.4, 0.5) is 11.4 Å². The average molecular weight is 282 g/mol. The number of hydrogen-bond donors (Lipinski definition) is 2. The third-order valence-electron chi connectivity index (χ3n) is 2.76. The van der Waals surface area contributed by atoms with E-state index in [0.717, 1.165) is 6.42 Å². The van der Waals surface area contributed by atoms with Gasteiger partial charge in [-0.05, 0) is 19.3 Å². The number of aliphatic hydroxyl groups excluding tert-OH is 1. The Kier molecular flexibility index (Phi) is 6.24. The monoisotopic (exact) mass is 282 g/mol. The number of rotatable bonds is 8. The number of non-ortho nitro benzene ring substituents is 1. The number of nitrogens with one attached hydrogen (secondary N) is 1. The molecule has 0 saturated carbocycles. The topological polar surface area (TPSA) is 84.6 Å². The fraction of sp³-hybridized carbons (Fsp3) is 0.571. The summed E-state index contributed by atoms with van der Waals surface area (Å²) in [4.78, 5) is 10.5. The second-order valence-electron chi connectivity index (χ2n) is 5.06. The van der Waals surface area contributed by atoms with Crippen molar-refractivity contribution in [3.63, 3.8) is 0 Å². The summed E-state index contributed by atoms with van der Waals surface area (Å²) in [6, 6.07) is 4.42. The molecule has 0 amide bonds. The van der Waals surface area contributed by atoms with E-state index in [9.17, 15) is 15.2 Å². The van der Waals surface area contributed by atoms with Crippen LogP contribution in [0.1, 0.15) is 27.2 Å². The van der Waals surface area contributed by atoms with Gasteiger partial charge in [0.1, 0.15) is 5.75 Å². The highest BCUT2D eigenvalue weighted by Crippen LogP contribution is 2.27. The average Bonchev–Trinajstić information content (AvgIpc) is 2.37. The van der Waals surface area contributed by atoms with Crippen LogP contribution in [-0.2, 0) is 0 Å². The molecule has 0 aromatic heterocycles. The minimum absolute atomic E-state index is 0.0230. The maximum absolute atomic E-state index is 10.9. The normalized spacial score (nSPS) is 12.2. The van der Waals surface area contributed by atoms with Gasteiger partial charge in [0, 0.05) is 23.9 Å². The third-order valence-corrected chi connectivity index (χ3v) is 2.76. The van der Waals surface area contributed by atoms with Crippen molar-refractivity contribution in [3.05, 3.63) is 28.3 Å². The lowest BCUT2D eigenvalue weighted by atomic mass is 10.0. The van der Waals surface area contributed by atoms with Crippen LogP contribution in [0.3, 0.4) is 0 Å². The lowest BCUT2D eigenvalue weighted by Crippen LogP contribution is -2.25. The molecular formula is C14H22N2O4. The predicted octanol–water partition coefficient (Wildman–Crippen LogP) is 2.81. The molecule has 1 atom stereocenters. The number of nitro benzene ring substituents is 1. The number of aliphatic hydroxyl groups is 1. The van der Waals surface area contributed by atoms with Crippen molar-refractivity contribution in [2.24, 2.45) is 5.92 Å². The Hall–Kier alpha value is -1.82. The lowest BCUT2D eigenvalue weighted by molar-refractivity contribution is -0.384. The van der Waals surface area contributed by atoms with Gasteiger partial charge in [0.25, 0.3) is 5.69 Å². The molecule has 1 rings (SSSR count). The van der Waals surface area contributed by atoms with E-state index in [1.807, 2.05) is 6.92 Å². The van der Waals surface area contributed by atoms with Crippen molar-refractivity contribution < 1.29 is 14.8 Å². The molecule has 6 heteroatoms. The van der Waals surface area contributed by atoms with E-state index in [1.165, 1.54) is 12.1 Å². The van der Waals surface area contributed by atoms with E-state index < -0.39 is 4.92 Å². The number of nitro groups is 1. The quantitative estimate of drug-likeness (QED) is 0.565. The summed E-state index contributed by atoms with van der Waals surface area (Å²) in [6.07, 6.45) is 0.781. The van der Waals surface area contributed by atoms with Gasteiger partial charge in [0.2, 0.25) is 0 Å². The van der Waals surface area contributed by atoms with Crippen molar-refractivity contribution in [3.8, 4) is 5.75 Å². The molecule has 6 nitrogen and oxygen atoms in total. The first-order valence-corrected chi connectivity index (χ1v) is 6.76. The Morgan fingerprint density at radius 3 is 2.60 bits per heavy atom. The summed E-state index contributed by atoms with van der Waals surface area (Å²) in [5.41, 5.74) is 0.557. The van der Waals surface area contributed by atoms with Crippen molar-refractivity contribution >= 4 is 11.4 Å². The molecule has 0 aliphatic carbocycles. The van der Waals surface area contributed by atoms with Crippen molar-refractivity contribution in [2.75, 3.05) is 18.5 Å². The van der Waals surface area contributed by atoms with E-state index in [1.54, 1.807) is 6.07 Å². The summed E-state index contributed by atoms with van der Waals surface area (Å²) in [5, 5.41) is 23.4. The Labute approximate surface area is 118 Å². The van der Waals surface area contributed by atoms with Crippen LogP contribution >= 0.6 is 0 Å². The second kappa shape index (κ2) is 7.69. The van der Waals surface area contributed by atoms with E-state index in [0.29, 0.717) is 24.0 Å². The van der Waals surface area contributed by atoms with Crippen LogP contribution in [0.5, 0.6) is 5.75 Å². The van der Waals surface area contributed by atoms with Crippen LogP contribution in [-0.4, -0.2) is 29.3 Å². The lowest BCUT2D eigenvalue weighted by Gasteiger charge is -2.19. The highest BCUT2D eigenvalue weighted by molar-refractivity contribution is 5.56. The Bertz CT molecular complexity index is 449. The molecule has 0 aliphatic rings. The van der Waals surface area contributed by atoms with Crippen molar-refractivity contribution in [1.29, 1.82) is 0 Å². The first-order chi connectivity index (χ1) is 9.46. The van der Waals surface area contributed by atoms with E-state index in [4.69, 9.17) is 4.74 Å². The highest BCUT2D eigenvalue weighted by Gasteiger charge is 2.14. The number of nitrogens with zero attached hydrogens (tertiary/aromatic N) is 1. The zero-order valence-corrected chi connectivity index (χ0v) is 12.1. The smallest absolute Gasteiger partial charge is 0.275 e. The predicted molar refractivity (Wildman–Crippen MR) is 78.2 cm³/mol. The van der Waals surface area contributed by atoms with Crippen LogP contribution in [0.25, 0.3) is 0 Å². The fourth-order valence-corrected chi connectivity index (χ4v) is 2.01. The minimum Gasteiger partial charge on any atom is -0.494 e. The van der Waals surface area contributed by atoms with Crippen LogP contribution in [0.15, 0.2) is 18.2 Å². The molecule has 20 heavy (non-hydrogen) atoms. The van der Waals surface area contributed by atoms with Gasteiger partial charge in [-0.25, -0.2) is 0 Å². The van der Waals surface area contributed by atoms with Crippen LogP contribution < -0.4 is 10.1 Å². The summed E-state index contributed by atoms with van der Waals surface area (Å²) in [6.45, 7) is 6.36. The Morgan fingerprint density at radius 1 is 1.40 bits per heavy atom. The molecule has 1 unspecified atom stereocenters. The molecule has 0 fully saturated rings. The Morgan fingerprint density at radius 2 is 2.10 bits per heavy atom. The van der Waals surface area contributed by atoms with Gasteiger partial charge in [-0.2, -0.15) is 0 Å². The van der Waals surface area contributed by atoms with Crippen molar-refractivity contribution in [2.45, 2.75) is 33.2 Å². The van der Waals surface area contributed by atoms with Crippen LogP contribution in [0.2, 0.25) is 0 Å². The first-order valence-electron chi connectivity index (χ1n) is 6.76. The van der Waals surface area contributed by atoms with Crippen molar-refractivity contribution in [1.82, 2.24) is 0 Å². The fourth-order valence-electron chi connectivity index (χ4n) is 2.01. The van der Waals surface area contributed by atoms with E-state index in [2.05, 4.69) is 19.2 Å². The highest BCUT2D eigenvalue weighted by atomic mass is 16.6. The second-order valence-corrected chi connectivity index (χ2v) is 5.06. The molecule has 0 spiro atoms. The van der Waals surface area contributed by atoms with Gasteiger partial charge in [0.15, 0.2) is 0 Å². The SMILES string of the molecule is CCOc1cc(NC(CO)CC(C)C)cc([N+](=O)[O-])c1. The summed E-state index contributed by atoms with van der Waals surface area (Å²) in [7, 11) is 0. The van der Waals surface area contributed by atoms with Gasteiger partial charge in [-0.1, -0.05) is 13.8 Å². The molecule has 112 valence electrons. The Balaban J connectivity index is 2.94. The molecule has 1 aromatic rings. The molecule has 2 N–H and O–H groups in total. The van der Waals surface area contributed by atoms with Gasteiger partial charge in [0.05, 0.1) is 24.2 Å². The molecular weight excluding hydrogens is 260 g/mol. The number of benzene rings is 1. The number of hydrogen-bond acceptors (Lipinski definition) is 5. The van der Waals surface area contributed by atoms with E-state index >= 15 is 0 Å². The third kappa shape index (κ3) is 5.05. The standard InChI is InChI=1S/C14H22N2O4/c1-4-20-14-7-11(6-13(8-14)16(18)19)15-12(9-17)5-10(2)3/h6-8,10,12,15,17H,4-5,9H2,1-3H3. The summed E-state index contributed by atoms with van der Waals surface area (Å²) < 4.78 is 5.33. The maximum atomic E-state index is 10.9. The molecule has 0 radical (unpaired) electrons. The molecule has 0 bridgehead atoms. The first kappa shape index (κ1) is 16.2. The molecule has 0 heterocycles. The van der Waals surface area contributed by atoms with Gasteiger partial charge in [-0.15, -0.1) is 0 Å². The molecule has 1 aromatic carbocycles. The number of anilines is 1. The molecule has 0 saturated heterocycles. The van der Waals surface area contributed by atoms with Crippen LogP contribution in [0, 0.1) is 16.0 Å². The van der Waals surface area contributed by atoms with E-state index in [-0.39, 0.29) is 18.3 Å². The largest absolute Gasteiger partial charge is 0.494 e. The number of ether oxygens (including phenoxy) is 1. The minimum atomic E-state index is -0.454. The van der Waals surface area contributed by atoms with Gasteiger partial charge < -0.3 is 15.2 Å². The maximum Gasteiger partial charge on any atom is 0.275 e. The van der Waals surface area contributed by atoms with Gasteiger partial charge >= 0.3 is 0 Å². The summed E-state index contributed by atoms with van der Waals surface area (Å²) >= 11 is 0. The van der Waals surface area contributed by atoms with Gasteiger partial charge in [-0.3, -0.25) is 10.1 Å². The summed E-state index contributed by atoms with van der Waals surface area (Å²) in [5.74, 6) is 0.871. The molecule has 0 aliphatic heterocycles. The zero-order chi connectivity index (χ0) is 15.1. The zero-order valence-electron chi connectivity index (χ0n) is 12.1.